The number of fused-ring (bicyclic) bond motifs is 3. The topological polar surface area (TPSA) is 111 Å². The number of carbonyl (C=O) groups excluding carboxylic acids is 4. The fraction of sp³-hybridized carbons (Fsp3) is 0.176. The highest BCUT2D eigenvalue weighted by Gasteiger charge is 2.31. The first-order valence-electron chi connectivity index (χ1n) is 13.6. The van der Waals surface area contributed by atoms with Crippen molar-refractivity contribution in [1.29, 1.82) is 0 Å². The third-order valence-corrected chi connectivity index (χ3v) is 7.59. The van der Waals surface area contributed by atoms with E-state index in [9.17, 15) is 19.2 Å². The van der Waals surface area contributed by atoms with Crippen molar-refractivity contribution >= 4 is 41.0 Å². The summed E-state index contributed by atoms with van der Waals surface area (Å²) in [4.78, 5) is 51.9. The second-order valence-corrected chi connectivity index (χ2v) is 10.6. The Morgan fingerprint density at radius 2 is 1.49 bits per heavy atom. The standard InChI is InChI=1S/C34H29ClN2O6/c1-20-11-16-29(27(17-20)32(39)21-12-14-22(35)15-13-21)36-33(40)30(18-31(38)42-2)37-34(41)43-19-28-25-9-5-3-7-23(25)24-8-4-6-10-26(24)28/h3-17,28,30H,18-19H2,1-2H3,(H,36,40)(H,37,41)/t30-/m0/s1. The molecular weight excluding hydrogens is 568 g/mol. The molecule has 1 aliphatic rings. The van der Waals surface area contributed by atoms with Crippen LogP contribution in [0.3, 0.4) is 0 Å². The molecule has 4 aromatic rings. The summed E-state index contributed by atoms with van der Waals surface area (Å²) < 4.78 is 10.3. The molecule has 8 nitrogen and oxygen atoms in total. The number of benzene rings is 4. The molecule has 1 atom stereocenters. The minimum atomic E-state index is -1.33. The normalized spacial score (nSPS) is 12.4. The minimum Gasteiger partial charge on any atom is -0.469 e. The van der Waals surface area contributed by atoms with Gasteiger partial charge in [-0.25, -0.2) is 4.79 Å². The molecular formula is C34H29ClN2O6. The lowest BCUT2D eigenvalue weighted by Crippen LogP contribution is -2.45. The number of ether oxygens (including phenoxy) is 2. The second-order valence-electron chi connectivity index (χ2n) is 10.2. The Hall–Kier alpha value is -4.95. The van der Waals surface area contributed by atoms with E-state index in [1.54, 1.807) is 42.5 Å². The Balaban J connectivity index is 1.31. The summed E-state index contributed by atoms with van der Waals surface area (Å²) in [5, 5.41) is 5.68. The van der Waals surface area contributed by atoms with E-state index in [1.165, 1.54) is 7.11 Å². The number of esters is 1. The van der Waals surface area contributed by atoms with Crippen LogP contribution in [0.4, 0.5) is 10.5 Å². The number of rotatable bonds is 9. The second kappa shape index (κ2) is 12.9. The molecule has 2 N–H and O–H groups in total. The summed E-state index contributed by atoms with van der Waals surface area (Å²) in [7, 11) is 1.19. The van der Waals surface area contributed by atoms with Gasteiger partial charge in [-0.2, -0.15) is 0 Å². The monoisotopic (exact) mass is 596 g/mol. The number of nitrogens with one attached hydrogen (secondary N) is 2. The van der Waals surface area contributed by atoms with Crippen LogP contribution in [-0.4, -0.2) is 43.5 Å². The molecule has 0 aromatic heterocycles. The zero-order valence-corrected chi connectivity index (χ0v) is 24.3. The van der Waals surface area contributed by atoms with Gasteiger partial charge in [-0.1, -0.05) is 71.8 Å². The first-order valence-corrected chi connectivity index (χ1v) is 14.0. The molecule has 1 aliphatic carbocycles. The van der Waals surface area contributed by atoms with Crippen LogP contribution in [0.25, 0.3) is 11.1 Å². The van der Waals surface area contributed by atoms with E-state index >= 15 is 0 Å². The van der Waals surface area contributed by atoms with E-state index in [-0.39, 0.29) is 29.6 Å². The maximum Gasteiger partial charge on any atom is 0.407 e. The lowest BCUT2D eigenvalue weighted by Gasteiger charge is -2.20. The van der Waals surface area contributed by atoms with Crippen molar-refractivity contribution in [2.24, 2.45) is 0 Å². The van der Waals surface area contributed by atoms with Gasteiger partial charge in [0.2, 0.25) is 5.91 Å². The molecule has 0 unspecified atom stereocenters. The number of alkyl carbamates (subject to hydrolysis) is 1. The number of anilines is 1. The Bertz CT molecular complexity index is 1660. The van der Waals surface area contributed by atoms with Crippen molar-refractivity contribution in [1.82, 2.24) is 5.32 Å². The zero-order chi connectivity index (χ0) is 30.5. The fourth-order valence-corrected chi connectivity index (χ4v) is 5.30. The van der Waals surface area contributed by atoms with Gasteiger partial charge in [0.15, 0.2) is 5.78 Å². The van der Waals surface area contributed by atoms with Gasteiger partial charge < -0.3 is 20.1 Å². The number of aryl methyl sites for hydroxylation is 1. The fourth-order valence-electron chi connectivity index (χ4n) is 5.17. The van der Waals surface area contributed by atoms with E-state index in [0.29, 0.717) is 10.6 Å². The maximum atomic E-state index is 13.4. The van der Waals surface area contributed by atoms with Crippen LogP contribution >= 0.6 is 11.6 Å². The summed E-state index contributed by atoms with van der Waals surface area (Å²) in [5.74, 6) is -1.93. The third kappa shape index (κ3) is 6.60. The van der Waals surface area contributed by atoms with E-state index < -0.39 is 30.4 Å². The number of halogens is 1. The predicted octanol–water partition coefficient (Wildman–Crippen LogP) is 6.29. The summed E-state index contributed by atoms with van der Waals surface area (Å²) >= 11 is 5.97. The van der Waals surface area contributed by atoms with Gasteiger partial charge in [0.05, 0.1) is 19.2 Å². The molecule has 0 aliphatic heterocycles. The lowest BCUT2D eigenvalue weighted by atomic mass is 9.98. The van der Waals surface area contributed by atoms with Gasteiger partial charge in [-0.3, -0.25) is 14.4 Å². The smallest absolute Gasteiger partial charge is 0.407 e. The molecule has 5 rings (SSSR count). The Kier molecular flexibility index (Phi) is 8.87. The molecule has 43 heavy (non-hydrogen) atoms. The van der Waals surface area contributed by atoms with Crippen molar-refractivity contribution in [3.05, 3.63) is 124 Å². The third-order valence-electron chi connectivity index (χ3n) is 7.33. The molecule has 0 bridgehead atoms. The average Bonchev–Trinajstić information content (AvgIpc) is 3.34. The highest BCUT2D eigenvalue weighted by atomic mass is 35.5. The van der Waals surface area contributed by atoms with Crippen LogP contribution < -0.4 is 10.6 Å². The minimum absolute atomic E-state index is 0.0319. The average molecular weight is 597 g/mol. The van der Waals surface area contributed by atoms with Gasteiger partial charge in [0.25, 0.3) is 0 Å². The number of hydrogen-bond donors (Lipinski definition) is 2. The van der Waals surface area contributed by atoms with Crippen molar-refractivity contribution in [3.63, 3.8) is 0 Å². The Labute approximate surface area is 254 Å². The highest BCUT2D eigenvalue weighted by molar-refractivity contribution is 6.30. The largest absolute Gasteiger partial charge is 0.469 e. The molecule has 0 radical (unpaired) electrons. The Morgan fingerprint density at radius 1 is 0.860 bits per heavy atom. The lowest BCUT2D eigenvalue weighted by molar-refractivity contribution is -0.142. The predicted molar refractivity (Wildman–Crippen MR) is 163 cm³/mol. The molecule has 2 amide bonds. The summed E-state index contributed by atoms with van der Waals surface area (Å²) in [6.45, 7) is 1.85. The number of hydrogen-bond acceptors (Lipinski definition) is 6. The van der Waals surface area contributed by atoms with Crippen LogP contribution in [0.15, 0.2) is 91.0 Å². The van der Waals surface area contributed by atoms with Gasteiger partial charge in [0, 0.05) is 22.1 Å². The first kappa shape index (κ1) is 29.5. The van der Waals surface area contributed by atoms with Gasteiger partial charge in [-0.05, 0) is 65.6 Å². The van der Waals surface area contributed by atoms with Crippen molar-refractivity contribution in [2.75, 3.05) is 19.0 Å². The summed E-state index contributed by atoms with van der Waals surface area (Å²) in [5.41, 5.74) is 5.89. The van der Waals surface area contributed by atoms with Crippen molar-refractivity contribution in [3.8, 4) is 11.1 Å². The zero-order valence-electron chi connectivity index (χ0n) is 23.6. The van der Waals surface area contributed by atoms with Crippen LogP contribution in [0.2, 0.25) is 5.02 Å². The van der Waals surface area contributed by atoms with E-state index in [4.69, 9.17) is 21.1 Å². The van der Waals surface area contributed by atoms with Crippen LogP contribution in [0.5, 0.6) is 0 Å². The van der Waals surface area contributed by atoms with Crippen molar-refractivity contribution < 1.29 is 28.7 Å². The molecule has 0 saturated heterocycles. The van der Waals surface area contributed by atoms with Crippen LogP contribution in [0.1, 0.15) is 45.0 Å². The number of amides is 2. The number of methoxy groups -OCH3 is 1. The maximum absolute atomic E-state index is 13.4. The Morgan fingerprint density at radius 3 is 2.12 bits per heavy atom. The van der Waals surface area contributed by atoms with Gasteiger partial charge in [-0.15, -0.1) is 0 Å². The first-order chi connectivity index (χ1) is 20.7. The molecule has 0 heterocycles. The molecule has 4 aromatic carbocycles. The quantitative estimate of drug-likeness (QED) is 0.174. The molecule has 0 spiro atoms. The SMILES string of the molecule is COC(=O)C[C@H](NC(=O)OCC1c2ccccc2-c2ccccc21)C(=O)Nc1ccc(C)cc1C(=O)c1ccc(Cl)cc1. The molecule has 218 valence electrons. The van der Waals surface area contributed by atoms with E-state index in [0.717, 1.165) is 27.8 Å². The number of carbonyl (C=O) groups is 4. The summed E-state index contributed by atoms with van der Waals surface area (Å²) in [6, 6.07) is 25.9. The van der Waals surface area contributed by atoms with Gasteiger partial charge in [0.1, 0.15) is 12.6 Å². The molecule has 0 saturated carbocycles. The molecule has 9 heteroatoms. The highest BCUT2D eigenvalue weighted by Crippen LogP contribution is 2.44. The summed E-state index contributed by atoms with van der Waals surface area (Å²) in [6.07, 6.45) is -1.31. The van der Waals surface area contributed by atoms with Crippen LogP contribution in [-0.2, 0) is 19.1 Å². The van der Waals surface area contributed by atoms with Gasteiger partial charge >= 0.3 is 12.1 Å². The van der Waals surface area contributed by atoms with E-state index in [2.05, 4.69) is 10.6 Å². The molecule has 0 fully saturated rings. The van der Waals surface area contributed by atoms with Crippen LogP contribution in [0, 0.1) is 6.92 Å². The van der Waals surface area contributed by atoms with E-state index in [1.807, 2.05) is 55.5 Å². The number of ketones is 1. The van der Waals surface area contributed by atoms with Crippen molar-refractivity contribution in [2.45, 2.75) is 25.3 Å².